The fourth-order valence-electron chi connectivity index (χ4n) is 2.72. The predicted molar refractivity (Wildman–Crippen MR) is 68.6 cm³/mol. The van der Waals surface area contributed by atoms with Crippen molar-refractivity contribution >= 4 is 17.0 Å². The summed E-state index contributed by atoms with van der Waals surface area (Å²) in [5, 5.41) is 0. The molecule has 0 unspecified atom stereocenters. The second kappa shape index (κ2) is 4.35. The van der Waals surface area contributed by atoms with E-state index >= 15 is 0 Å². The van der Waals surface area contributed by atoms with E-state index in [9.17, 15) is 0 Å². The van der Waals surface area contributed by atoms with Crippen LogP contribution in [-0.2, 0) is 6.42 Å². The number of rotatable bonds is 2. The maximum absolute atomic E-state index is 5.65. The van der Waals surface area contributed by atoms with Gasteiger partial charge in [-0.25, -0.2) is 9.97 Å². The molecular formula is C13H18N4. The summed E-state index contributed by atoms with van der Waals surface area (Å²) in [6.07, 6.45) is 7.87. The van der Waals surface area contributed by atoms with Crippen molar-refractivity contribution in [2.45, 2.75) is 38.5 Å². The van der Waals surface area contributed by atoms with Crippen LogP contribution in [0.4, 0.5) is 5.82 Å². The zero-order valence-corrected chi connectivity index (χ0v) is 9.95. The summed E-state index contributed by atoms with van der Waals surface area (Å²) in [6, 6.07) is 3.76. The minimum absolute atomic E-state index is 0.535. The van der Waals surface area contributed by atoms with Gasteiger partial charge in [0.05, 0.1) is 5.52 Å². The van der Waals surface area contributed by atoms with Gasteiger partial charge in [-0.3, -0.25) is 0 Å². The number of fused-ring (bicyclic) bond motifs is 1. The molecule has 4 heteroatoms. The first-order valence-corrected chi connectivity index (χ1v) is 6.42. The number of imidazole rings is 1. The van der Waals surface area contributed by atoms with Crippen molar-refractivity contribution < 1.29 is 0 Å². The lowest BCUT2D eigenvalue weighted by Crippen LogP contribution is -2.10. The standard InChI is InChI=1S/C13H18N4/c14-11-7-6-10-13(16-11)17-12(15-10)8-9-4-2-1-3-5-9/h6-7,9H,1-5,8H2,(H3,14,15,16,17). The second-order valence-electron chi connectivity index (χ2n) is 5.00. The molecule has 0 amide bonds. The summed E-state index contributed by atoms with van der Waals surface area (Å²) in [7, 11) is 0. The highest BCUT2D eigenvalue weighted by Crippen LogP contribution is 2.26. The van der Waals surface area contributed by atoms with E-state index < -0.39 is 0 Å². The minimum atomic E-state index is 0.535. The summed E-state index contributed by atoms with van der Waals surface area (Å²) in [5.74, 6) is 2.39. The summed E-state index contributed by atoms with van der Waals surface area (Å²) in [4.78, 5) is 12.1. The molecule has 0 radical (unpaired) electrons. The average molecular weight is 230 g/mol. The molecule has 0 aromatic carbocycles. The monoisotopic (exact) mass is 230 g/mol. The Morgan fingerprint density at radius 1 is 1.18 bits per heavy atom. The lowest BCUT2D eigenvalue weighted by molar-refractivity contribution is 0.352. The van der Waals surface area contributed by atoms with Crippen molar-refractivity contribution in [1.82, 2.24) is 15.0 Å². The first kappa shape index (κ1) is 10.6. The highest BCUT2D eigenvalue weighted by molar-refractivity contribution is 5.72. The molecule has 2 heterocycles. The Hall–Kier alpha value is -1.58. The maximum Gasteiger partial charge on any atom is 0.179 e. The van der Waals surface area contributed by atoms with Crippen LogP contribution in [-0.4, -0.2) is 15.0 Å². The number of aromatic amines is 1. The lowest BCUT2D eigenvalue weighted by atomic mass is 9.87. The number of H-pyrrole nitrogens is 1. The number of aromatic nitrogens is 3. The van der Waals surface area contributed by atoms with Gasteiger partial charge in [0.15, 0.2) is 5.65 Å². The van der Waals surface area contributed by atoms with Crippen molar-refractivity contribution in [2.75, 3.05) is 5.73 Å². The molecule has 3 N–H and O–H groups in total. The molecule has 2 aromatic rings. The summed E-state index contributed by atoms with van der Waals surface area (Å²) in [6.45, 7) is 0. The van der Waals surface area contributed by atoms with Crippen LogP contribution < -0.4 is 5.73 Å². The summed E-state index contributed by atoms with van der Waals surface area (Å²) < 4.78 is 0. The third-order valence-electron chi connectivity index (χ3n) is 3.62. The van der Waals surface area contributed by atoms with Crippen LogP contribution in [0.15, 0.2) is 12.1 Å². The Morgan fingerprint density at radius 3 is 2.82 bits per heavy atom. The molecule has 17 heavy (non-hydrogen) atoms. The zero-order valence-electron chi connectivity index (χ0n) is 9.95. The minimum Gasteiger partial charge on any atom is -0.384 e. The van der Waals surface area contributed by atoms with Crippen molar-refractivity contribution in [3.05, 3.63) is 18.0 Å². The Balaban J connectivity index is 1.80. The fraction of sp³-hybridized carbons (Fsp3) is 0.538. The van der Waals surface area contributed by atoms with Gasteiger partial charge in [-0.1, -0.05) is 32.1 Å². The number of hydrogen-bond acceptors (Lipinski definition) is 3. The normalized spacial score (nSPS) is 17.6. The first-order valence-electron chi connectivity index (χ1n) is 6.42. The Labute approximate surface area is 101 Å². The number of nitrogens with one attached hydrogen (secondary N) is 1. The van der Waals surface area contributed by atoms with Crippen LogP contribution in [0.1, 0.15) is 37.9 Å². The number of hydrogen-bond donors (Lipinski definition) is 2. The Bertz CT molecular complexity index is 511. The highest BCUT2D eigenvalue weighted by atomic mass is 15.0. The van der Waals surface area contributed by atoms with Gasteiger partial charge in [0, 0.05) is 6.42 Å². The van der Waals surface area contributed by atoms with Gasteiger partial charge in [0.2, 0.25) is 0 Å². The van der Waals surface area contributed by atoms with Crippen LogP contribution in [0.25, 0.3) is 11.2 Å². The third-order valence-corrected chi connectivity index (χ3v) is 3.62. The van der Waals surface area contributed by atoms with Crippen LogP contribution in [0.2, 0.25) is 0 Å². The van der Waals surface area contributed by atoms with E-state index in [-0.39, 0.29) is 0 Å². The number of nitrogens with two attached hydrogens (primary N) is 1. The van der Waals surface area contributed by atoms with Crippen molar-refractivity contribution in [3.8, 4) is 0 Å². The van der Waals surface area contributed by atoms with E-state index in [1.54, 1.807) is 0 Å². The Morgan fingerprint density at radius 2 is 2.00 bits per heavy atom. The van der Waals surface area contributed by atoms with E-state index in [0.717, 1.165) is 29.3 Å². The lowest BCUT2D eigenvalue weighted by Gasteiger charge is -2.20. The van der Waals surface area contributed by atoms with Crippen molar-refractivity contribution in [1.29, 1.82) is 0 Å². The van der Waals surface area contributed by atoms with E-state index in [2.05, 4.69) is 15.0 Å². The third kappa shape index (κ3) is 2.25. The molecule has 0 atom stereocenters. The Kier molecular flexibility index (Phi) is 2.71. The molecule has 0 saturated heterocycles. The largest absolute Gasteiger partial charge is 0.384 e. The van der Waals surface area contributed by atoms with Crippen LogP contribution in [0.5, 0.6) is 0 Å². The fourth-order valence-corrected chi connectivity index (χ4v) is 2.72. The van der Waals surface area contributed by atoms with Gasteiger partial charge in [0.1, 0.15) is 11.6 Å². The molecule has 1 aliphatic carbocycles. The predicted octanol–water partition coefficient (Wildman–Crippen LogP) is 2.66. The van der Waals surface area contributed by atoms with Crippen molar-refractivity contribution in [3.63, 3.8) is 0 Å². The molecule has 90 valence electrons. The second-order valence-corrected chi connectivity index (χ2v) is 5.00. The van der Waals surface area contributed by atoms with Crippen LogP contribution in [0.3, 0.4) is 0 Å². The summed E-state index contributed by atoms with van der Waals surface area (Å²) in [5.41, 5.74) is 7.39. The van der Waals surface area contributed by atoms with Gasteiger partial charge >= 0.3 is 0 Å². The van der Waals surface area contributed by atoms with E-state index in [1.807, 2.05) is 12.1 Å². The van der Waals surface area contributed by atoms with Gasteiger partial charge < -0.3 is 10.7 Å². The van der Waals surface area contributed by atoms with E-state index in [0.29, 0.717) is 5.82 Å². The zero-order chi connectivity index (χ0) is 11.7. The SMILES string of the molecule is Nc1ccc2[nH]c(CC3CCCCC3)nc2n1. The first-order chi connectivity index (χ1) is 8.31. The topological polar surface area (TPSA) is 67.6 Å². The molecule has 3 rings (SSSR count). The van der Waals surface area contributed by atoms with Crippen LogP contribution in [0, 0.1) is 5.92 Å². The molecule has 4 nitrogen and oxygen atoms in total. The van der Waals surface area contributed by atoms with E-state index in [4.69, 9.17) is 5.73 Å². The van der Waals surface area contributed by atoms with Crippen LogP contribution >= 0.6 is 0 Å². The van der Waals surface area contributed by atoms with Gasteiger partial charge in [-0.15, -0.1) is 0 Å². The number of pyridine rings is 1. The molecule has 0 bridgehead atoms. The molecular weight excluding hydrogens is 212 g/mol. The van der Waals surface area contributed by atoms with Gasteiger partial charge in [-0.05, 0) is 18.1 Å². The molecule has 0 spiro atoms. The van der Waals surface area contributed by atoms with Gasteiger partial charge in [-0.2, -0.15) is 0 Å². The number of nitrogens with zero attached hydrogens (tertiary/aromatic N) is 2. The van der Waals surface area contributed by atoms with E-state index in [1.165, 1.54) is 32.1 Å². The average Bonchev–Trinajstić information content (AvgIpc) is 2.71. The molecule has 1 saturated carbocycles. The summed E-state index contributed by atoms with van der Waals surface area (Å²) >= 11 is 0. The van der Waals surface area contributed by atoms with Gasteiger partial charge in [0.25, 0.3) is 0 Å². The highest BCUT2D eigenvalue weighted by Gasteiger charge is 2.16. The molecule has 2 aromatic heterocycles. The molecule has 1 fully saturated rings. The molecule has 1 aliphatic rings. The quantitative estimate of drug-likeness (QED) is 0.833. The van der Waals surface area contributed by atoms with Crippen molar-refractivity contribution in [2.24, 2.45) is 5.92 Å². The number of nitrogen functional groups attached to an aromatic ring is 1. The number of anilines is 1. The molecule has 0 aliphatic heterocycles. The smallest absolute Gasteiger partial charge is 0.179 e. The maximum atomic E-state index is 5.65.